The lowest BCUT2D eigenvalue weighted by Crippen LogP contribution is -2.31. The van der Waals surface area contributed by atoms with Crippen LogP contribution >= 0.6 is 11.8 Å². The molecule has 0 spiro atoms. The molecule has 2 atom stereocenters. The Hall–Kier alpha value is -0.210. The minimum absolute atomic E-state index is 0.0741. The third-order valence-corrected chi connectivity index (χ3v) is 6.54. The van der Waals surface area contributed by atoms with Crippen molar-refractivity contribution in [1.82, 2.24) is 0 Å². The predicted octanol–water partition coefficient (Wildman–Crippen LogP) is 1.21. The molecule has 14 heavy (non-hydrogen) atoms. The summed E-state index contributed by atoms with van der Waals surface area (Å²) in [4.78, 5) is 0. The van der Waals surface area contributed by atoms with Gasteiger partial charge in [-0.05, 0) is 25.0 Å². The van der Waals surface area contributed by atoms with Gasteiger partial charge in [-0.3, -0.25) is 0 Å². The first-order valence-corrected chi connectivity index (χ1v) is 7.64. The van der Waals surface area contributed by atoms with Crippen molar-refractivity contribution in [3.05, 3.63) is 0 Å². The molecule has 0 bridgehead atoms. The molecule has 0 amide bonds. The van der Waals surface area contributed by atoms with E-state index < -0.39 is 9.84 Å². The van der Waals surface area contributed by atoms with Crippen molar-refractivity contribution >= 4 is 21.6 Å². The number of nitrogens with zero attached hydrogens (tertiary/aromatic N) is 1. The number of hydrogen-bond donors (Lipinski definition) is 0. The van der Waals surface area contributed by atoms with Gasteiger partial charge in [0.05, 0.1) is 17.6 Å². The van der Waals surface area contributed by atoms with Crippen LogP contribution in [0.5, 0.6) is 0 Å². The van der Waals surface area contributed by atoms with Crippen molar-refractivity contribution in [3.8, 4) is 6.07 Å². The van der Waals surface area contributed by atoms with Crippen molar-refractivity contribution < 1.29 is 8.42 Å². The molecule has 2 rings (SSSR count). The zero-order chi connectivity index (χ0) is 10.2. The first-order valence-electron chi connectivity index (χ1n) is 4.84. The summed E-state index contributed by atoms with van der Waals surface area (Å²) in [6.45, 7) is 0. The molecule has 0 aromatic carbocycles. The van der Waals surface area contributed by atoms with Gasteiger partial charge in [0.15, 0.2) is 9.84 Å². The van der Waals surface area contributed by atoms with E-state index in [9.17, 15) is 13.7 Å². The van der Waals surface area contributed by atoms with Crippen LogP contribution in [0.3, 0.4) is 0 Å². The van der Waals surface area contributed by atoms with Crippen molar-refractivity contribution in [3.63, 3.8) is 0 Å². The van der Waals surface area contributed by atoms with E-state index in [1.807, 2.05) is 0 Å². The standard InChI is InChI=1S/C9H13NO2S2/c10-7-9(3-1-4-13-9)8-2-5-14(11,12)6-8/h8H,1-6H2. The molecule has 78 valence electrons. The average Bonchev–Trinajstić information content (AvgIpc) is 2.72. The zero-order valence-electron chi connectivity index (χ0n) is 7.90. The van der Waals surface area contributed by atoms with E-state index in [2.05, 4.69) is 6.07 Å². The quantitative estimate of drug-likeness (QED) is 0.680. The van der Waals surface area contributed by atoms with E-state index in [1.165, 1.54) is 0 Å². The highest BCUT2D eigenvalue weighted by Crippen LogP contribution is 2.47. The number of sulfone groups is 1. The number of rotatable bonds is 1. The molecule has 2 aliphatic rings. The maximum atomic E-state index is 11.3. The van der Waals surface area contributed by atoms with Gasteiger partial charge in [0.25, 0.3) is 0 Å². The van der Waals surface area contributed by atoms with Gasteiger partial charge in [0.2, 0.25) is 0 Å². The summed E-state index contributed by atoms with van der Waals surface area (Å²) in [7, 11) is -2.85. The van der Waals surface area contributed by atoms with Crippen LogP contribution in [-0.2, 0) is 9.84 Å². The Bertz CT molecular complexity index is 363. The van der Waals surface area contributed by atoms with Crippen molar-refractivity contribution in [1.29, 1.82) is 5.26 Å². The molecule has 2 unspecified atom stereocenters. The lowest BCUT2D eigenvalue weighted by atomic mass is 9.89. The van der Waals surface area contributed by atoms with Crippen LogP contribution in [0, 0.1) is 17.2 Å². The van der Waals surface area contributed by atoms with Crippen LogP contribution in [0.4, 0.5) is 0 Å². The molecule has 0 saturated carbocycles. The molecule has 2 aliphatic heterocycles. The van der Waals surface area contributed by atoms with Gasteiger partial charge in [0, 0.05) is 5.92 Å². The number of hydrogen-bond acceptors (Lipinski definition) is 4. The largest absolute Gasteiger partial charge is 0.229 e. The maximum Gasteiger partial charge on any atom is 0.150 e. The van der Waals surface area contributed by atoms with Crippen LogP contribution in [0.1, 0.15) is 19.3 Å². The molecule has 2 fully saturated rings. The lowest BCUT2D eigenvalue weighted by molar-refractivity contribution is 0.473. The summed E-state index contributed by atoms with van der Waals surface area (Å²) in [6.07, 6.45) is 2.60. The summed E-state index contributed by atoms with van der Waals surface area (Å²) in [5.74, 6) is 1.59. The van der Waals surface area contributed by atoms with Crippen LogP contribution in [0.25, 0.3) is 0 Å². The van der Waals surface area contributed by atoms with Gasteiger partial charge >= 0.3 is 0 Å². The van der Waals surface area contributed by atoms with Crippen LogP contribution in [0.15, 0.2) is 0 Å². The van der Waals surface area contributed by atoms with Gasteiger partial charge in [0.1, 0.15) is 4.75 Å². The highest BCUT2D eigenvalue weighted by Gasteiger charge is 2.47. The monoisotopic (exact) mass is 231 g/mol. The van der Waals surface area contributed by atoms with Gasteiger partial charge < -0.3 is 0 Å². The van der Waals surface area contributed by atoms with Gasteiger partial charge in [-0.25, -0.2) is 8.42 Å². The maximum absolute atomic E-state index is 11.3. The fraction of sp³-hybridized carbons (Fsp3) is 0.889. The second-order valence-electron chi connectivity index (χ2n) is 4.05. The summed E-state index contributed by atoms with van der Waals surface area (Å²) < 4.78 is 22.3. The normalized spacial score (nSPS) is 40.9. The van der Waals surface area contributed by atoms with Crippen molar-refractivity contribution in [2.75, 3.05) is 17.3 Å². The van der Waals surface area contributed by atoms with Crippen LogP contribution < -0.4 is 0 Å². The number of nitriles is 1. The molecule has 0 aromatic heterocycles. The second-order valence-corrected chi connectivity index (χ2v) is 7.71. The molecule has 0 aromatic rings. The van der Waals surface area contributed by atoms with E-state index in [-0.39, 0.29) is 22.2 Å². The molecule has 3 nitrogen and oxygen atoms in total. The minimum atomic E-state index is -2.85. The smallest absolute Gasteiger partial charge is 0.150 e. The Balaban J connectivity index is 2.20. The Morgan fingerprint density at radius 2 is 2.29 bits per heavy atom. The molecule has 0 aliphatic carbocycles. The summed E-state index contributed by atoms with van der Waals surface area (Å²) in [6, 6.07) is 2.36. The zero-order valence-corrected chi connectivity index (χ0v) is 9.53. The topological polar surface area (TPSA) is 57.9 Å². The third-order valence-electron chi connectivity index (χ3n) is 3.13. The minimum Gasteiger partial charge on any atom is -0.229 e. The summed E-state index contributed by atoms with van der Waals surface area (Å²) in [5, 5.41) is 9.18. The fourth-order valence-electron chi connectivity index (χ4n) is 2.33. The molecule has 0 radical (unpaired) electrons. The lowest BCUT2D eigenvalue weighted by Gasteiger charge is -2.25. The Morgan fingerprint density at radius 1 is 1.50 bits per heavy atom. The van der Waals surface area contributed by atoms with E-state index in [0.717, 1.165) is 18.6 Å². The predicted molar refractivity (Wildman–Crippen MR) is 56.8 cm³/mol. The van der Waals surface area contributed by atoms with E-state index in [4.69, 9.17) is 0 Å². The first-order chi connectivity index (χ1) is 6.58. The van der Waals surface area contributed by atoms with E-state index >= 15 is 0 Å². The van der Waals surface area contributed by atoms with Crippen LogP contribution in [0.2, 0.25) is 0 Å². The molecule has 5 heteroatoms. The Morgan fingerprint density at radius 3 is 2.71 bits per heavy atom. The van der Waals surface area contributed by atoms with Gasteiger partial charge in [-0.1, -0.05) is 0 Å². The van der Waals surface area contributed by atoms with Gasteiger partial charge in [-0.2, -0.15) is 5.26 Å². The van der Waals surface area contributed by atoms with Gasteiger partial charge in [-0.15, -0.1) is 11.8 Å². The molecular formula is C9H13NO2S2. The Kier molecular flexibility index (Phi) is 2.52. The molecule has 2 saturated heterocycles. The van der Waals surface area contributed by atoms with Crippen molar-refractivity contribution in [2.24, 2.45) is 5.92 Å². The van der Waals surface area contributed by atoms with E-state index in [1.54, 1.807) is 11.8 Å². The average molecular weight is 231 g/mol. The number of thioether (sulfide) groups is 1. The van der Waals surface area contributed by atoms with E-state index in [0.29, 0.717) is 6.42 Å². The van der Waals surface area contributed by atoms with Crippen molar-refractivity contribution in [2.45, 2.75) is 24.0 Å². The Labute approximate surface area is 88.8 Å². The molecule has 2 heterocycles. The summed E-state index contributed by atoms with van der Waals surface area (Å²) >= 11 is 1.66. The highest BCUT2D eigenvalue weighted by atomic mass is 32.2. The third kappa shape index (κ3) is 1.66. The fourth-order valence-corrected chi connectivity index (χ4v) is 5.75. The second kappa shape index (κ2) is 3.42. The molecular weight excluding hydrogens is 218 g/mol. The SMILES string of the molecule is N#CC1(C2CCS(=O)(=O)C2)CCCS1. The highest BCUT2D eigenvalue weighted by molar-refractivity contribution is 8.01. The van der Waals surface area contributed by atoms with Crippen LogP contribution in [-0.4, -0.2) is 30.4 Å². The first kappa shape index (κ1) is 10.3. The molecule has 0 N–H and O–H groups in total. The summed E-state index contributed by atoms with van der Waals surface area (Å²) in [5.41, 5.74) is 0.